The van der Waals surface area contributed by atoms with Crippen LogP contribution < -0.4 is 0 Å². The average Bonchev–Trinajstić information content (AvgIpc) is 3.19. The van der Waals surface area contributed by atoms with Crippen LogP contribution in [0.1, 0.15) is 0 Å². The van der Waals surface area contributed by atoms with E-state index in [2.05, 4.69) is 34.7 Å². The standard InChI is InChI=1S/C19H10ClN7S/c20-16-6-4-13(25-26-16)17-11(12-2-1-7-23-24-12)3-5-15-18(17)19(27-28-15)14-10-21-8-9-22-14/h1-10H. The largest absolute Gasteiger partial charge is 0.261 e. The van der Waals surface area contributed by atoms with Crippen molar-refractivity contribution in [3.63, 3.8) is 0 Å². The summed E-state index contributed by atoms with van der Waals surface area (Å²) in [7, 11) is 0. The van der Waals surface area contributed by atoms with Crippen LogP contribution in [0.3, 0.4) is 0 Å². The van der Waals surface area contributed by atoms with E-state index in [0.29, 0.717) is 16.5 Å². The molecule has 0 aliphatic rings. The highest BCUT2D eigenvalue weighted by Crippen LogP contribution is 2.42. The van der Waals surface area contributed by atoms with Crippen molar-refractivity contribution < 1.29 is 0 Å². The Balaban J connectivity index is 1.88. The molecule has 0 saturated carbocycles. The summed E-state index contributed by atoms with van der Waals surface area (Å²) in [6.45, 7) is 0. The normalized spacial score (nSPS) is 11.0. The molecule has 0 aliphatic heterocycles. The van der Waals surface area contributed by atoms with E-state index in [0.717, 1.165) is 32.6 Å². The molecule has 28 heavy (non-hydrogen) atoms. The molecule has 0 fully saturated rings. The predicted molar refractivity (Wildman–Crippen MR) is 108 cm³/mol. The Bertz CT molecular complexity index is 1260. The van der Waals surface area contributed by atoms with Crippen LogP contribution in [-0.2, 0) is 0 Å². The predicted octanol–water partition coefficient (Wildman–Crippen LogP) is 4.32. The van der Waals surface area contributed by atoms with E-state index in [-0.39, 0.29) is 0 Å². The summed E-state index contributed by atoms with van der Waals surface area (Å²) < 4.78 is 5.63. The molecule has 0 saturated heterocycles. The molecule has 0 bridgehead atoms. The second-order valence-electron chi connectivity index (χ2n) is 5.83. The van der Waals surface area contributed by atoms with Crippen LogP contribution in [0, 0.1) is 0 Å². The quantitative estimate of drug-likeness (QED) is 0.443. The Kier molecular flexibility index (Phi) is 4.19. The third kappa shape index (κ3) is 2.88. The molecule has 0 amide bonds. The number of benzene rings is 1. The zero-order valence-electron chi connectivity index (χ0n) is 14.2. The molecule has 0 spiro atoms. The molecular weight excluding hydrogens is 394 g/mol. The molecule has 0 N–H and O–H groups in total. The summed E-state index contributed by atoms with van der Waals surface area (Å²) in [5.41, 5.74) is 4.56. The van der Waals surface area contributed by atoms with Gasteiger partial charge in [-0.05, 0) is 41.9 Å². The van der Waals surface area contributed by atoms with Gasteiger partial charge >= 0.3 is 0 Å². The lowest BCUT2D eigenvalue weighted by molar-refractivity contribution is 1.03. The highest BCUT2D eigenvalue weighted by molar-refractivity contribution is 7.13. The Hall–Kier alpha value is -3.36. The maximum absolute atomic E-state index is 5.96. The van der Waals surface area contributed by atoms with Gasteiger partial charge in [-0.15, -0.1) is 10.2 Å². The number of hydrogen-bond acceptors (Lipinski definition) is 8. The zero-order valence-corrected chi connectivity index (χ0v) is 15.8. The number of fused-ring (bicyclic) bond motifs is 1. The number of halogens is 1. The van der Waals surface area contributed by atoms with Gasteiger partial charge in [-0.1, -0.05) is 17.7 Å². The van der Waals surface area contributed by atoms with Gasteiger partial charge in [0.15, 0.2) is 5.15 Å². The summed E-state index contributed by atoms with van der Waals surface area (Å²) in [6.07, 6.45) is 6.62. The highest BCUT2D eigenvalue weighted by Gasteiger charge is 2.21. The maximum atomic E-state index is 5.96. The zero-order chi connectivity index (χ0) is 18.9. The number of aromatic nitrogens is 7. The Morgan fingerprint density at radius 3 is 2.54 bits per heavy atom. The smallest absolute Gasteiger partial charge is 0.151 e. The summed E-state index contributed by atoms with van der Waals surface area (Å²) in [5, 5.41) is 17.9. The van der Waals surface area contributed by atoms with Crippen molar-refractivity contribution >= 4 is 33.2 Å². The van der Waals surface area contributed by atoms with Crippen molar-refractivity contribution in [2.75, 3.05) is 0 Å². The Labute approximate surface area is 168 Å². The van der Waals surface area contributed by atoms with Crippen molar-refractivity contribution in [3.8, 4) is 33.9 Å². The van der Waals surface area contributed by atoms with Crippen molar-refractivity contribution in [2.24, 2.45) is 0 Å². The van der Waals surface area contributed by atoms with Gasteiger partial charge in [0.2, 0.25) is 0 Å². The fraction of sp³-hybridized carbons (Fsp3) is 0. The Morgan fingerprint density at radius 2 is 1.79 bits per heavy atom. The molecule has 0 atom stereocenters. The number of hydrogen-bond donors (Lipinski definition) is 0. The van der Waals surface area contributed by atoms with E-state index < -0.39 is 0 Å². The molecule has 4 heterocycles. The number of nitrogens with zero attached hydrogens (tertiary/aromatic N) is 7. The van der Waals surface area contributed by atoms with E-state index in [9.17, 15) is 0 Å². The maximum Gasteiger partial charge on any atom is 0.151 e. The van der Waals surface area contributed by atoms with Crippen molar-refractivity contribution in [1.29, 1.82) is 0 Å². The first-order valence-corrected chi connectivity index (χ1v) is 9.43. The first-order valence-electron chi connectivity index (χ1n) is 8.28. The van der Waals surface area contributed by atoms with Crippen LogP contribution in [0.5, 0.6) is 0 Å². The minimum atomic E-state index is 0.328. The van der Waals surface area contributed by atoms with Crippen LogP contribution >= 0.6 is 23.1 Å². The molecular formula is C19H10ClN7S. The molecule has 134 valence electrons. The van der Waals surface area contributed by atoms with Gasteiger partial charge in [-0.25, -0.2) is 0 Å². The van der Waals surface area contributed by atoms with Gasteiger partial charge < -0.3 is 0 Å². The molecule has 1 aromatic carbocycles. The van der Waals surface area contributed by atoms with Crippen LogP contribution in [-0.4, -0.2) is 34.7 Å². The second kappa shape index (κ2) is 6.99. The second-order valence-corrected chi connectivity index (χ2v) is 7.03. The minimum Gasteiger partial charge on any atom is -0.261 e. The van der Waals surface area contributed by atoms with Gasteiger partial charge in [0.1, 0.15) is 11.4 Å². The highest BCUT2D eigenvalue weighted by atomic mass is 35.5. The summed E-state index contributed by atoms with van der Waals surface area (Å²) >= 11 is 7.35. The summed E-state index contributed by atoms with van der Waals surface area (Å²) in [6, 6.07) is 11.3. The van der Waals surface area contributed by atoms with Crippen LogP contribution in [0.2, 0.25) is 5.15 Å². The molecule has 0 unspecified atom stereocenters. The van der Waals surface area contributed by atoms with Crippen LogP contribution in [0.25, 0.3) is 44.0 Å². The monoisotopic (exact) mass is 403 g/mol. The van der Waals surface area contributed by atoms with Gasteiger partial charge in [-0.2, -0.15) is 14.6 Å². The minimum absolute atomic E-state index is 0.328. The van der Waals surface area contributed by atoms with Gasteiger partial charge in [0.05, 0.1) is 22.3 Å². The Morgan fingerprint density at radius 1 is 0.821 bits per heavy atom. The van der Waals surface area contributed by atoms with Crippen molar-refractivity contribution in [1.82, 2.24) is 34.7 Å². The third-order valence-corrected chi connectivity index (χ3v) is 5.19. The molecule has 9 heteroatoms. The van der Waals surface area contributed by atoms with Crippen molar-refractivity contribution in [2.45, 2.75) is 0 Å². The van der Waals surface area contributed by atoms with E-state index in [1.807, 2.05) is 30.3 Å². The first-order chi connectivity index (χ1) is 13.8. The molecule has 7 nitrogen and oxygen atoms in total. The molecule has 4 aromatic heterocycles. The lowest BCUT2D eigenvalue weighted by Gasteiger charge is -2.11. The van der Waals surface area contributed by atoms with Crippen LogP contribution in [0.4, 0.5) is 0 Å². The van der Waals surface area contributed by atoms with Gasteiger partial charge in [0.25, 0.3) is 0 Å². The lowest BCUT2D eigenvalue weighted by atomic mass is 9.96. The summed E-state index contributed by atoms with van der Waals surface area (Å²) in [4.78, 5) is 8.60. The van der Waals surface area contributed by atoms with Gasteiger partial charge in [-0.3, -0.25) is 9.97 Å². The average molecular weight is 404 g/mol. The van der Waals surface area contributed by atoms with E-state index >= 15 is 0 Å². The van der Waals surface area contributed by atoms with Crippen LogP contribution in [0.15, 0.2) is 61.2 Å². The molecule has 0 aliphatic carbocycles. The molecule has 5 rings (SSSR count). The molecule has 5 aromatic rings. The molecule has 0 radical (unpaired) electrons. The first kappa shape index (κ1) is 16.8. The van der Waals surface area contributed by atoms with E-state index in [4.69, 9.17) is 11.6 Å². The number of rotatable bonds is 3. The van der Waals surface area contributed by atoms with E-state index in [1.54, 1.807) is 30.9 Å². The fourth-order valence-corrected chi connectivity index (χ4v) is 3.90. The summed E-state index contributed by atoms with van der Waals surface area (Å²) in [5.74, 6) is 0. The van der Waals surface area contributed by atoms with Gasteiger partial charge in [0, 0.05) is 35.1 Å². The van der Waals surface area contributed by atoms with E-state index in [1.165, 1.54) is 11.5 Å². The fourth-order valence-electron chi connectivity index (χ4n) is 3.01. The lowest BCUT2D eigenvalue weighted by Crippen LogP contribution is -1.95. The topological polar surface area (TPSA) is 90.2 Å². The van der Waals surface area contributed by atoms with Crippen molar-refractivity contribution in [3.05, 3.63) is 66.3 Å². The SMILES string of the molecule is Clc1ccc(-c2c(-c3cccnn3)ccc3snc(-c4cnccn4)c23)nn1. The third-order valence-electron chi connectivity index (χ3n) is 4.18.